The van der Waals surface area contributed by atoms with Crippen LogP contribution >= 0.6 is 0 Å². The van der Waals surface area contributed by atoms with Crippen molar-refractivity contribution in [3.63, 3.8) is 0 Å². The summed E-state index contributed by atoms with van der Waals surface area (Å²) < 4.78 is 5.64. The van der Waals surface area contributed by atoms with Gasteiger partial charge in [0.1, 0.15) is 17.4 Å². The molecule has 1 saturated heterocycles. The van der Waals surface area contributed by atoms with Crippen molar-refractivity contribution in [3.05, 3.63) is 77.2 Å². The zero-order valence-corrected chi connectivity index (χ0v) is 20.3. The van der Waals surface area contributed by atoms with Gasteiger partial charge in [-0.2, -0.15) is 0 Å². The van der Waals surface area contributed by atoms with E-state index in [1.807, 2.05) is 49.1 Å². The Morgan fingerprint density at radius 2 is 1.68 bits per heavy atom. The Labute approximate surface area is 201 Å². The maximum atomic E-state index is 12.9. The van der Waals surface area contributed by atoms with Crippen molar-refractivity contribution in [2.24, 2.45) is 0 Å². The maximum absolute atomic E-state index is 12.9. The third kappa shape index (κ3) is 5.47. The molecule has 0 spiro atoms. The Morgan fingerprint density at radius 1 is 0.971 bits per heavy atom. The average molecular weight is 460 g/mol. The lowest BCUT2D eigenvalue weighted by atomic mass is 10.0. The molecule has 1 aliphatic heterocycles. The van der Waals surface area contributed by atoms with E-state index in [1.54, 1.807) is 0 Å². The largest absolute Gasteiger partial charge is 0.492 e. The monoisotopic (exact) mass is 459 g/mol. The van der Waals surface area contributed by atoms with Crippen molar-refractivity contribution in [2.75, 3.05) is 43.0 Å². The summed E-state index contributed by atoms with van der Waals surface area (Å²) >= 11 is 0. The number of ether oxygens (including phenoxy) is 1. The molecule has 7 heteroatoms. The Morgan fingerprint density at radius 3 is 2.38 bits per heavy atom. The molecule has 178 valence electrons. The molecule has 4 rings (SSSR count). The Balaban J connectivity index is 1.48. The van der Waals surface area contributed by atoms with Gasteiger partial charge in [-0.3, -0.25) is 0 Å². The number of carbonyl (C=O) groups is 1. The molecule has 2 amide bonds. The van der Waals surface area contributed by atoms with Crippen molar-refractivity contribution in [2.45, 2.75) is 33.6 Å². The van der Waals surface area contributed by atoms with E-state index in [2.05, 4.69) is 41.4 Å². The van der Waals surface area contributed by atoms with Gasteiger partial charge in [0, 0.05) is 43.9 Å². The van der Waals surface area contributed by atoms with Crippen LogP contribution in [-0.4, -0.2) is 53.7 Å². The highest BCUT2D eigenvalue weighted by molar-refractivity contribution is 5.91. The quantitative estimate of drug-likeness (QED) is 0.555. The second kappa shape index (κ2) is 11.0. The van der Waals surface area contributed by atoms with E-state index in [0.29, 0.717) is 31.1 Å². The molecule has 34 heavy (non-hydrogen) atoms. The van der Waals surface area contributed by atoms with Crippen molar-refractivity contribution in [3.8, 4) is 5.75 Å². The average Bonchev–Trinajstić information content (AvgIpc) is 2.87. The number of benzene rings is 2. The van der Waals surface area contributed by atoms with E-state index in [0.717, 1.165) is 43.3 Å². The summed E-state index contributed by atoms with van der Waals surface area (Å²) in [7, 11) is 0. The predicted octanol–water partition coefficient (Wildman–Crippen LogP) is 4.69. The first kappa shape index (κ1) is 23.5. The lowest BCUT2D eigenvalue weighted by molar-refractivity contribution is 0.208. The molecule has 1 aromatic heterocycles. The minimum atomic E-state index is -0.107. The standard InChI is InChI=1S/C27H33N5O2/c1-4-23-22(19-21-11-7-6-8-12-21)26(29-20(3)28-23)31-15-17-32(18-16-31)27(33)30-24-13-9-10-14-25(24)34-5-2/h6-14H,4-5,15-19H2,1-3H3,(H,30,33). The number of amides is 2. The van der Waals surface area contributed by atoms with Crippen LogP contribution in [0.25, 0.3) is 0 Å². The highest BCUT2D eigenvalue weighted by Crippen LogP contribution is 2.27. The minimum Gasteiger partial charge on any atom is -0.492 e. The van der Waals surface area contributed by atoms with Gasteiger partial charge in [-0.1, -0.05) is 49.4 Å². The van der Waals surface area contributed by atoms with Crippen LogP contribution in [0.4, 0.5) is 16.3 Å². The first-order chi connectivity index (χ1) is 16.6. The van der Waals surface area contributed by atoms with Crippen molar-refractivity contribution >= 4 is 17.5 Å². The Hall–Kier alpha value is -3.61. The fraction of sp³-hybridized carbons (Fsp3) is 0.370. The van der Waals surface area contributed by atoms with Gasteiger partial charge in [0.05, 0.1) is 12.3 Å². The molecule has 0 aliphatic carbocycles. The number of urea groups is 1. The van der Waals surface area contributed by atoms with Crippen molar-refractivity contribution in [1.82, 2.24) is 14.9 Å². The molecule has 0 atom stereocenters. The van der Waals surface area contributed by atoms with Crippen LogP contribution in [0.3, 0.4) is 0 Å². The molecular formula is C27H33N5O2. The molecule has 1 N–H and O–H groups in total. The molecule has 3 aromatic rings. The van der Waals surface area contributed by atoms with Gasteiger partial charge in [0.15, 0.2) is 0 Å². The van der Waals surface area contributed by atoms with Gasteiger partial charge in [0.2, 0.25) is 0 Å². The highest BCUT2D eigenvalue weighted by Gasteiger charge is 2.25. The molecule has 0 unspecified atom stereocenters. The van der Waals surface area contributed by atoms with Crippen LogP contribution < -0.4 is 15.0 Å². The fourth-order valence-electron chi connectivity index (χ4n) is 4.34. The van der Waals surface area contributed by atoms with Crippen LogP contribution in [0.1, 0.15) is 36.5 Å². The number of piperazine rings is 1. The van der Waals surface area contributed by atoms with E-state index < -0.39 is 0 Å². The summed E-state index contributed by atoms with van der Waals surface area (Å²) in [6, 6.07) is 17.9. The van der Waals surface area contributed by atoms with E-state index in [1.165, 1.54) is 11.1 Å². The molecule has 2 aromatic carbocycles. The first-order valence-electron chi connectivity index (χ1n) is 12.0. The molecule has 0 radical (unpaired) electrons. The summed E-state index contributed by atoms with van der Waals surface area (Å²) in [5, 5.41) is 3.01. The number of hydrogen-bond acceptors (Lipinski definition) is 5. The van der Waals surface area contributed by atoms with Gasteiger partial charge >= 0.3 is 6.03 Å². The van der Waals surface area contributed by atoms with Crippen LogP contribution in [0.15, 0.2) is 54.6 Å². The predicted molar refractivity (Wildman–Crippen MR) is 136 cm³/mol. The summed E-state index contributed by atoms with van der Waals surface area (Å²) in [6.07, 6.45) is 1.66. The van der Waals surface area contributed by atoms with E-state index >= 15 is 0 Å². The van der Waals surface area contributed by atoms with Gasteiger partial charge in [-0.25, -0.2) is 14.8 Å². The molecule has 1 aliphatic rings. The summed E-state index contributed by atoms with van der Waals surface area (Å²) in [4.78, 5) is 26.7. The second-order valence-electron chi connectivity index (χ2n) is 8.37. The van der Waals surface area contributed by atoms with Crippen molar-refractivity contribution in [1.29, 1.82) is 0 Å². The summed E-state index contributed by atoms with van der Waals surface area (Å²) in [6.45, 7) is 9.27. The Bertz CT molecular complexity index is 1110. The summed E-state index contributed by atoms with van der Waals surface area (Å²) in [5.41, 5.74) is 4.22. The zero-order chi connectivity index (χ0) is 23.9. The molecule has 7 nitrogen and oxygen atoms in total. The number of nitrogens with one attached hydrogen (secondary N) is 1. The maximum Gasteiger partial charge on any atom is 0.322 e. The second-order valence-corrected chi connectivity index (χ2v) is 8.37. The number of aryl methyl sites for hydroxylation is 2. The SMILES string of the molecule is CCOc1ccccc1NC(=O)N1CCN(c2nc(C)nc(CC)c2Cc2ccccc2)CC1. The molecular weight excluding hydrogens is 426 g/mol. The number of carbonyl (C=O) groups excluding carboxylic acids is 1. The minimum absolute atomic E-state index is 0.107. The third-order valence-corrected chi connectivity index (χ3v) is 6.04. The lowest BCUT2D eigenvalue weighted by Gasteiger charge is -2.36. The number of para-hydroxylation sites is 2. The first-order valence-corrected chi connectivity index (χ1v) is 12.0. The lowest BCUT2D eigenvalue weighted by Crippen LogP contribution is -2.50. The number of nitrogens with zero attached hydrogens (tertiary/aromatic N) is 4. The number of aromatic nitrogens is 2. The van der Waals surface area contributed by atoms with Crippen LogP contribution in [0.2, 0.25) is 0 Å². The van der Waals surface area contributed by atoms with E-state index in [-0.39, 0.29) is 6.03 Å². The molecule has 0 bridgehead atoms. The molecule has 0 saturated carbocycles. The smallest absolute Gasteiger partial charge is 0.322 e. The normalized spacial score (nSPS) is 13.6. The molecule has 1 fully saturated rings. The number of anilines is 2. The Kier molecular flexibility index (Phi) is 7.62. The van der Waals surface area contributed by atoms with Crippen LogP contribution in [0.5, 0.6) is 5.75 Å². The summed E-state index contributed by atoms with van der Waals surface area (Å²) in [5.74, 6) is 2.47. The zero-order valence-electron chi connectivity index (χ0n) is 20.3. The van der Waals surface area contributed by atoms with Gasteiger partial charge in [-0.15, -0.1) is 0 Å². The molecule has 2 heterocycles. The topological polar surface area (TPSA) is 70.6 Å². The van der Waals surface area contributed by atoms with Gasteiger partial charge < -0.3 is 19.9 Å². The fourth-order valence-corrected chi connectivity index (χ4v) is 4.34. The number of rotatable bonds is 7. The highest BCUT2D eigenvalue weighted by atomic mass is 16.5. The van der Waals surface area contributed by atoms with E-state index in [4.69, 9.17) is 14.7 Å². The van der Waals surface area contributed by atoms with Crippen LogP contribution in [-0.2, 0) is 12.8 Å². The van der Waals surface area contributed by atoms with Crippen molar-refractivity contribution < 1.29 is 9.53 Å². The van der Waals surface area contributed by atoms with Gasteiger partial charge in [-0.05, 0) is 38.0 Å². The van der Waals surface area contributed by atoms with Gasteiger partial charge in [0.25, 0.3) is 0 Å². The van der Waals surface area contributed by atoms with Crippen LogP contribution in [0, 0.1) is 6.92 Å². The number of hydrogen-bond donors (Lipinski definition) is 1. The van der Waals surface area contributed by atoms with E-state index in [9.17, 15) is 4.79 Å². The third-order valence-electron chi connectivity index (χ3n) is 6.04.